The number of fused-ring (bicyclic) bond motifs is 1. The van der Waals surface area contributed by atoms with E-state index in [0.29, 0.717) is 16.4 Å². The molecule has 0 aliphatic carbocycles. The maximum atomic E-state index is 12.9. The van der Waals surface area contributed by atoms with E-state index >= 15 is 0 Å². The van der Waals surface area contributed by atoms with Gasteiger partial charge in [0.05, 0.1) is 17.1 Å². The van der Waals surface area contributed by atoms with Crippen molar-refractivity contribution in [2.75, 3.05) is 0 Å². The largest absolute Gasteiger partial charge is 0.278 e. The molecule has 0 aliphatic heterocycles. The Labute approximate surface area is 63.8 Å². The fourth-order valence-corrected chi connectivity index (χ4v) is 1.03. The Morgan fingerprint density at radius 2 is 2.27 bits per heavy atom. The third-order valence-electron chi connectivity index (χ3n) is 1.53. The van der Waals surface area contributed by atoms with E-state index in [0.717, 1.165) is 0 Å². The van der Waals surface area contributed by atoms with Gasteiger partial charge in [-0.15, -0.1) is 0 Å². The van der Waals surface area contributed by atoms with E-state index in [9.17, 15) is 4.39 Å². The summed E-state index contributed by atoms with van der Waals surface area (Å²) in [5.41, 5.74) is 1.03. The molecule has 1 aromatic carbocycles. The normalized spacial score (nSPS) is 10.6. The van der Waals surface area contributed by atoms with Crippen LogP contribution >= 0.6 is 0 Å². The SMILES string of the molecule is [B]c1cc(F)c2cn[nH]c2c1. The van der Waals surface area contributed by atoms with Crippen molar-refractivity contribution in [3.05, 3.63) is 24.1 Å². The highest BCUT2D eigenvalue weighted by Crippen LogP contribution is 2.11. The second-order valence-corrected chi connectivity index (χ2v) is 2.33. The number of aromatic amines is 1. The van der Waals surface area contributed by atoms with Gasteiger partial charge >= 0.3 is 0 Å². The summed E-state index contributed by atoms with van der Waals surface area (Å²) in [5, 5.41) is 6.79. The molecule has 0 unspecified atom stereocenters. The van der Waals surface area contributed by atoms with E-state index in [1.54, 1.807) is 6.07 Å². The van der Waals surface area contributed by atoms with Crippen LogP contribution in [0.3, 0.4) is 0 Å². The van der Waals surface area contributed by atoms with Crippen molar-refractivity contribution >= 4 is 24.2 Å². The Balaban J connectivity index is 2.91. The van der Waals surface area contributed by atoms with Crippen LogP contribution in [0.15, 0.2) is 18.3 Å². The fourth-order valence-electron chi connectivity index (χ4n) is 1.03. The van der Waals surface area contributed by atoms with E-state index in [2.05, 4.69) is 10.2 Å². The van der Waals surface area contributed by atoms with Crippen LogP contribution in [-0.4, -0.2) is 18.0 Å². The molecule has 0 spiro atoms. The summed E-state index contributed by atoms with van der Waals surface area (Å²) in [4.78, 5) is 0. The van der Waals surface area contributed by atoms with Gasteiger partial charge in [0, 0.05) is 0 Å². The van der Waals surface area contributed by atoms with Crippen molar-refractivity contribution in [2.24, 2.45) is 0 Å². The average molecular weight is 146 g/mol. The first-order valence-electron chi connectivity index (χ1n) is 3.15. The van der Waals surface area contributed by atoms with Crippen LogP contribution in [0.5, 0.6) is 0 Å². The first kappa shape index (κ1) is 6.40. The third-order valence-corrected chi connectivity index (χ3v) is 1.53. The Morgan fingerprint density at radius 3 is 3.09 bits per heavy atom. The monoisotopic (exact) mass is 146 g/mol. The number of H-pyrrole nitrogens is 1. The third kappa shape index (κ3) is 0.907. The number of aromatic nitrogens is 2. The van der Waals surface area contributed by atoms with Gasteiger partial charge in [0.2, 0.25) is 0 Å². The first-order chi connectivity index (χ1) is 5.27. The number of hydrogen-bond acceptors (Lipinski definition) is 1. The quantitative estimate of drug-likeness (QED) is 0.538. The zero-order chi connectivity index (χ0) is 7.84. The molecule has 0 amide bonds. The predicted molar refractivity (Wildman–Crippen MR) is 41.4 cm³/mol. The molecule has 0 atom stereocenters. The molecular weight excluding hydrogens is 142 g/mol. The van der Waals surface area contributed by atoms with Crippen molar-refractivity contribution in [2.45, 2.75) is 0 Å². The van der Waals surface area contributed by atoms with Crippen LogP contribution in [0.1, 0.15) is 0 Å². The van der Waals surface area contributed by atoms with E-state index in [1.807, 2.05) is 0 Å². The topological polar surface area (TPSA) is 28.7 Å². The minimum absolute atomic E-state index is 0.339. The van der Waals surface area contributed by atoms with Crippen LogP contribution in [0.2, 0.25) is 0 Å². The minimum atomic E-state index is -0.339. The van der Waals surface area contributed by atoms with E-state index in [1.165, 1.54) is 12.3 Å². The second kappa shape index (κ2) is 2.08. The Bertz CT molecular complexity index is 396. The van der Waals surface area contributed by atoms with Crippen LogP contribution in [-0.2, 0) is 0 Å². The van der Waals surface area contributed by atoms with Gasteiger partial charge in [0.25, 0.3) is 0 Å². The molecule has 1 N–H and O–H groups in total. The van der Waals surface area contributed by atoms with Crippen molar-refractivity contribution in [3.63, 3.8) is 0 Å². The highest BCUT2D eigenvalue weighted by molar-refractivity contribution is 6.33. The number of nitrogens with one attached hydrogen (secondary N) is 1. The number of hydrogen-bond donors (Lipinski definition) is 1. The van der Waals surface area contributed by atoms with Gasteiger partial charge in [-0.05, 0) is 12.1 Å². The zero-order valence-electron chi connectivity index (χ0n) is 5.63. The van der Waals surface area contributed by atoms with Crippen LogP contribution in [0.4, 0.5) is 4.39 Å². The molecular formula is C7H4BFN2. The maximum Gasteiger partial charge on any atom is 0.133 e. The molecule has 52 valence electrons. The maximum absolute atomic E-state index is 12.9. The summed E-state index contributed by atoms with van der Waals surface area (Å²) >= 11 is 0. The summed E-state index contributed by atoms with van der Waals surface area (Å²) < 4.78 is 12.9. The Kier molecular flexibility index (Phi) is 1.21. The summed E-state index contributed by atoms with van der Waals surface area (Å²) in [6.07, 6.45) is 1.43. The summed E-state index contributed by atoms with van der Waals surface area (Å²) in [6, 6.07) is 2.92. The van der Waals surface area contributed by atoms with Gasteiger partial charge in [-0.2, -0.15) is 5.10 Å². The fraction of sp³-hybridized carbons (Fsp3) is 0. The van der Waals surface area contributed by atoms with E-state index in [-0.39, 0.29) is 5.82 Å². The van der Waals surface area contributed by atoms with E-state index in [4.69, 9.17) is 7.85 Å². The molecule has 0 aliphatic rings. The van der Waals surface area contributed by atoms with Crippen LogP contribution in [0, 0.1) is 5.82 Å². The van der Waals surface area contributed by atoms with Crippen molar-refractivity contribution in [1.82, 2.24) is 10.2 Å². The van der Waals surface area contributed by atoms with Gasteiger partial charge in [0.1, 0.15) is 13.7 Å². The highest BCUT2D eigenvalue weighted by Gasteiger charge is 2.01. The van der Waals surface area contributed by atoms with Crippen molar-refractivity contribution in [1.29, 1.82) is 0 Å². The lowest BCUT2D eigenvalue weighted by molar-refractivity contribution is 0.641. The van der Waals surface area contributed by atoms with Crippen molar-refractivity contribution < 1.29 is 4.39 Å². The van der Waals surface area contributed by atoms with Crippen LogP contribution in [0.25, 0.3) is 10.9 Å². The first-order valence-corrected chi connectivity index (χ1v) is 3.15. The highest BCUT2D eigenvalue weighted by atomic mass is 19.1. The van der Waals surface area contributed by atoms with Gasteiger partial charge in [-0.1, -0.05) is 5.46 Å². The molecule has 2 nitrogen and oxygen atoms in total. The van der Waals surface area contributed by atoms with E-state index < -0.39 is 0 Å². The molecule has 1 heterocycles. The summed E-state index contributed by atoms with van der Waals surface area (Å²) in [6.45, 7) is 0. The van der Waals surface area contributed by atoms with Gasteiger partial charge < -0.3 is 0 Å². The zero-order valence-corrected chi connectivity index (χ0v) is 5.63. The number of rotatable bonds is 0. The molecule has 1 aromatic heterocycles. The molecule has 2 radical (unpaired) electrons. The molecule has 2 rings (SSSR count). The summed E-state index contributed by atoms with van der Waals surface area (Å²) in [5.74, 6) is -0.339. The second-order valence-electron chi connectivity index (χ2n) is 2.33. The molecule has 0 fully saturated rings. The minimum Gasteiger partial charge on any atom is -0.278 e. The lowest BCUT2D eigenvalue weighted by atomic mass is 9.95. The Hall–Kier alpha value is -1.32. The molecule has 0 saturated carbocycles. The molecule has 2 aromatic rings. The standard InChI is InChI=1S/C7H4BFN2/c8-4-1-6(9)5-3-10-11-7(5)2-4/h1-3H,(H,10,11). The Morgan fingerprint density at radius 1 is 1.45 bits per heavy atom. The number of benzene rings is 1. The predicted octanol–water partition coefficient (Wildman–Crippen LogP) is 0.496. The van der Waals surface area contributed by atoms with Gasteiger partial charge in [0.15, 0.2) is 0 Å². The average Bonchev–Trinajstić information content (AvgIpc) is 2.34. The van der Waals surface area contributed by atoms with Crippen LogP contribution < -0.4 is 5.46 Å². The number of nitrogens with zero attached hydrogens (tertiary/aromatic N) is 1. The lowest BCUT2D eigenvalue weighted by Crippen LogP contribution is -2.01. The molecule has 0 saturated heterocycles. The van der Waals surface area contributed by atoms with Crippen molar-refractivity contribution in [3.8, 4) is 0 Å². The number of halogens is 1. The van der Waals surface area contributed by atoms with Gasteiger partial charge in [-0.3, -0.25) is 5.10 Å². The smallest absolute Gasteiger partial charge is 0.133 e. The molecule has 0 bridgehead atoms. The lowest BCUT2D eigenvalue weighted by Gasteiger charge is -1.93. The molecule has 11 heavy (non-hydrogen) atoms. The molecule has 4 heteroatoms. The van der Waals surface area contributed by atoms with Gasteiger partial charge in [-0.25, -0.2) is 4.39 Å². The summed E-state index contributed by atoms with van der Waals surface area (Å²) in [7, 11) is 5.40.